The van der Waals surface area contributed by atoms with Crippen molar-refractivity contribution in [3.8, 4) is 0 Å². The molecule has 17 heavy (non-hydrogen) atoms. The summed E-state index contributed by atoms with van der Waals surface area (Å²) in [6, 6.07) is 6.24. The number of benzene rings is 1. The molecule has 1 rings (SSSR count). The van der Waals surface area contributed by atoms with Crippen LogP contribution < -0.4 is 4.90 Å². The highest BCUT2D eigenvalue weighted by molar-refractivity contribution is 5.94. The Kier molecular flexibility index (Phi) is 4.73. The van der Waals surface area contributed by atoms with Crippen molar-refractivity contribution in [2.75, 3.05) is 11.4 Å². The quantitative estimate of drug-likeness (QED) is 0.776. The van der Waals surface area contributed by atoms with Crippen LogP contribution in [-0.2, 0) is 4.79 Å². The molecule has 0 aromatic heterocycles. The lowest BCUT2D eigenvalue weighted by Gasteiger charge is -2.24. The summed E-state index contributed by atoms with van der Waals surface area (Å²) >= 11 is 0. The summed E-state index contributed by atoms with van der Waals surface area (Å²) in [4.78, 5) is 14.0. The lowest BCUT2D eigenvalue weighted by molar-refractivity contribution is -0.119. The molecule has 0 N–H and O–H groups in total. The average Bonchev–Trinajstić information content (AvgIpc) is 2.21. The molecule has 2 nitrogen and oxygen atoms in total. The van der Waals surface area contributed by atoms with E-state index < -0.39 is 0 Å². The second-order valence-corrected chi connectivity index (χ2v) is 5.03. The van der Waals surface area contributed by atoms with Gasteiger partial charge in [0.2, 0.25) is 5.91 Å². The van der Waals surface area contributed by atoms with E-state index in [9.17, 15) is 4.79 Å². The maximum Gasteiger partial charge on any atom is 0.227 e. The minimum Gasteiger partial charge on any atom is -0.312 e. The second-order valence-electron chi connectivity index (χ2n) is 5.03. The van der Waals surface area contributed by atoms with Gasteiger partial charge in [-0.05, 0) is 38.3 Å². The molecule has 0 fully saturated rings. The Bertz CT molecular complexity index is 396. The fourth-order valence-corrected chi connectivity index (χ4v) is 2.05. The molecule has 0 saturated heterocycles. The highest BCUT2D eigenvalue weighted by atomic mass is 16.2. The number of nitrogens with zero attached hydrogens (tertiary/aromatic N) is 1. The molecular weight excluding hydrogens is 210 g/mol. The maximum absolute atomic E-state index is 12.1. The van der Waals surface area contributed by atoms with Gasteiger partial charge in [-0.1, -0.05) is 31.5 Å². The van der Waals surface area contributed by atoms with E-state index in [0.717, 1.165) is 12.2 Å². The SMILES string of the molecule is CCN(C(=O)CC(C)C)c1ccc(C)cc1C. The number of amides is 1. The fourth-order valence-electron chi connectivity index (χ4n) is 2.05. The first-order valence-electron chi connectivity index (χ1n) is 6.33. The first kappa shape index (κ1) is 13.8. The van der Waals surface area contributed by atoms with Crippen molar-refractivity contribution >= 4 is 11.6 Å². The van der Waals surface area contributed by atoms with Gasteiger partial charge in [-0.25, -0.2) is 0 Å². The molecule has 0 radical (unpaired) electrons. The van der Waals surface area contributed by atoms with Crippen LogP contribution in [0.4, 0.5) is 5.69 Å². The van der Waals surface area contributed by atoms with E-state index in [2.05, 4.69) is 39.8 Å². The summed E-state index contributed by atoms with van der Waals surface area (Å²) in [6.07, 6.45) is 0.612. The molecule has 0 aliphatic rings. The number of carbonyl (C=O) groups is 1. The highest BCUT2D eigenvalue weighted by Crippen LogP contribution is 2.22. The zero-order chi connectivity index (χ0) is 13.0. The zero-order valence-corrected chi connectivity index (χ0v) is 11.6. The third kappa shape index (κ3) is 3.58. The number of hydrogen-bond acceptors (Lipinski definition) is 1. The number of rotatable bonds is 4. The van der Waals surface area contributed by atoms with Crippen LogP contribution in [-0.4, -0.2) is 12.5 Å². The second kappa shape index (κ2) is 5.85. The van der Waals surface area contributed by atoms with Gasteiger partial charge in [0.05, 0.1) is 0 Å². The number of hydrogen-bond donors (Lipinski definition) is 0. The van der Waals surface area contributed by atoms with Gasteiger partial charge in [-0.15, -0.1) is 0 Å². The fraction of sp³-hybridized carbons (Fsp3) is 0.533. The zero-order valence-electron chi connectivity index (χ0n) is 11.6. The monoisotopic (exact) mass is 233 g/mol. The number of aryl methyl sites for hydroxylation is 2. The Balaban J connectivity index is 2.97. The van der Waals surface area contributed by atoms with Crippen LogP contribution in [0.5, 0.6) is 0 Å². The summed E-state index contributed by atoms with van der Waals surface area (Å²) in [5.41, 5.74) is 3.45. The molecule has 0 aliphatic heterocycles. The van der Waals surface area contributed by atoms with Crippen LogP contribution in [0.2, 0.25) is 0 Å². The molecule has 1 aromatic carbocycles. The molecule has 0 unspecified atom stereocenters. The van der Waals surface area contributed by atoms with Gasteiger partial charge in [-0.2, -0.15) is 0 Å². The van der Waals surface area contributed by atoms with Crippen LogP contribution in [0.15, 0.2) is 18.2 Å². The van der Waals surface area contributed by atoms with Crippen LogP contribution in [0, 0.1) is 19.8 Å². The van der Waals surface area contributed by atoms with Crippen molar-refractivity contribution in [3.63, 3.8) is 0 Å². The molecule has 1 aromatic rings. The van der Waals surface area contributed by atoms with Crippen LogP contribution >= 0.6 is 0 Å². The number of anilines is 1. The van der Waals surface area contributed by atoms with Gasteiger partial charge in [0, 0.05) is 18.7 Å². The molecule has 2 heteroatoms. The van der Waals surface area contributed by atoms with Crippen molar-refractivity contribution in [1.82, 2.24) is 0 Å². The predicted molar refractivity (Wildman–Crippen MR) is 73.4 cm³/mol. The predicted octanol–water partition coefficient (Wildman–Crippen LogP) is 3.70. The maximum atomic E-state index is 12.1. The molecule has 94 valence electrons. The summed E-state index contributed by atoms with van der Waals surface area (Å²) < 4.78 is 0. The summed E-state index contributed by atoms with van der Waals surface area (Å²) in [7, 11) is 0. The van der Waals surface area contributed by atoms with Gasteiger partial charge < -0.3 is 4.90 Å². The van der Waals surface area contributed by atoms with Crippen LogP contribution in [0.25, 0.3) is 0 Å². The lowest BCUT2D eigenvalue weighted by Crippen LogP contribution is -2.32. The third-order valence-electron chi connectivity index (χ3n) is 2.84. The van der Waals surface area contributed by atoms with Gasteiger partial charge >= 0.3 is 0 Å². The van der Waals surface area contributed by atoms with Crippen molar-refractivity contribution in [2.24, 2.45) is 5.92 Å². The Hall–Kier alpha value is -1.31. The molecular formula is C15H23NO. The van der Waals surface area contributed by atoms with Crippen molar-refractivity contribution in [1.29, 1.82) is 0 Å². The molecule has 0 atom stereocenters. The minimum atomic E-state index is 0.217. The van der Waals surface area contributed by atoms with E-state index in [1.807, 2.05) is 17.9 Å². The Morgan fingerprint density at radius 3 is 2.41 bits per heavy atom. The van der Waals surface area contributed by atoms with E-state index in [4.69, 9.17) is 0 Å². The van der Waals surface area contributed by atoms with Crippen molar-refractivity contribution < 1.29 is 4.79 Å². The molecule has 0 spiro atoms. The first-order chi connectivity index (χ1) is 7.95. The van der Waals surface area contributed by atoms with E-state index in [1.165, 1.54) is 11.1 Å². The Morgan fingerprint density at radius 2 is 1.94 bits per heavy atom. The smallest absolute Gasteiger partial charge is 0.227 e. The van der Waals surface area contributed by atoms with E-state index in [-0.39, 0.29) is 5.91 Å². The number of carbonyl (C=O) groups excluding carboxylic acids is 1. The highest BCUT2D eigenvalue weighted by Gasteiger charge is 2.16. The van der Waals surface area contributed by atoms with E-state index in [0.29, 0.717) is 12.3 Å². The van der Waals surface area contributed by atoms with Gasteiger partial charge in [0.25, 0.3) is 0 Å². The molecule has 1 amide bonds. The largest absolute Gasteiger partial charge is 0.312 e. The van der Waals surface area contributed by atoms with E-state index in [1.54, 1.807) is 0 Å². The Morgan fingerprint density at radius 1 is 1.29 bits per heavy atom. The lowest BCUT2D eigenvalue weighted by atomic mass is 10.1. The van der Waals surface area contributed by atoms with Gasteiger partial charge in [0.15, 0.2) is 0 Å². The average molecular weight is 233 g/mol. The minimum absolute atomic E-state index is 0.217. The summed E-state index contributed by atoms with van der Waals surface area (Å²) in [5, 5.41) is 0. The topological polar surface area (TPSA) is 20.3 Å². The van der Waals surface area contributed by atoms with Crippen molar-refractivity contribution in [2.45, 2.75) is 41.0 Å². The first-order valence-corrected chi connectivity index (χ1v) is 6.33. The third-order valence-corrected chi connectivity index (χ3v) is 2.84. The Labute approximate surface area is 105 Å². The molecule has 0 heterocycles. The van der Waals surface area contributed by atoms with Crippen LogP contribution in [0.3, 0.4) is 0 Å². The normalized spacial score (nSPS) is 10.7. The van der Waals surface area contributed by atoms with E-state index >= 15 is 0 Å². The standard InChI is InChI=1S/C15H23NO/c1-6-16(15(17)9-11(2)3)14-8-7-12(4)10-13(14)5/h7-8,10-11H,6,9H2,1-5H3. The molecule has 0 saturated carbocycles. The molecule has 0 bridgehead atoms. The van der Waals surface area contributed by atoms with Crippen molar-refractivity contribution in [3.05, 3.63) is 29.3 Å². The summed E-state index contributed by atoms with van der Waals surface area (Å²) in [6.45, 7) is 11.0. The van der Waals surface area contributed by atoms with Gasteiger partial charge in [0.1, 0.15) is 0 Å². The van der Waals surface area contributed by atoms with Crippen LogP contribution in [0.1, 0.15) is 38.3 Å². The molecule has 0 aliphatic carbocycles. The van der Waals surface area contributed by atoms with Gasteiger partial charge in [-0.3, -0.25) is 4.79 Å². The summed E-state index contributed by atoms with van der Waals surface area (Å²) in [5.74, 6) is 0.622.